The van der Waals surface area contributed by atoms with Gasteiger partial charge in [0.2, 0.25) is 10.0 Å². The normalized spacial score (nSPS) is 15.7. The molecule has 180 valence electrons. The first kappa shape index (κ1) is 24.8. The quantitative estimate of drug-likeness (QED) is 0.431. The molecule has 4 rings (SSSR count). The minimum absolute atomic E-state index is 0.273. The lowest BCUT2D eigenvalue weighted by Crippen LogP contribution is -2.68. The Kier molecular flexibility index (Phi) is 7.13. The standard InChI is InChI=1S/C24H26Cl2N4O3S/c1-24(28-34(2,31)32)15-29(16-24)8-5-17-3-4-22-18(11-17)6-9-30(22)20-12-19(14-27)23(21(26)13-20)33-10-7-25/h3-4,6,9,11-13,28H,5,7-8,10,15-16H2,1-2H3. The van der Waals surface area contributed by atoms with Crippen LogP contribution in [0.3, 0.4) is 0 Å². The summed E-state index contributed by atoms with van der Waals surface area (Å²) in [7, 11) is -3.21. The van der Waals surface area contributed by atoms with Gasteiger partial charge in [-0.3, -0.25) is 4.90 Å². The number of likely N-dealkylation sites (tertiary alicyclic amines) is 1. The van der Waals surface area contributed by atoms with Crippen LogP contribution in [0, 0.1) is 11.3 Å². The average molecular weight is 521 g/mol. The van der Waals surface area contributed by atoms with Gasteiger partial charge in [0.15, 0.2) is 5.75 Å². The number of ether oxygens (including phenoxy) is 1. The highest BCUT2D eigenvalue weighted by atomic mass is 35.5. The van der Waals surface area contributed by atoms with Crippen LogP contribution < -0.4 is 9.46 Å². The van der Waals surface area contributed by atoms with E-state index in [9.17, 15) is 13.7 Å². The second-order valence-corrected chi connectivity index (χ2v) is 11.5. The summed E-state index contributed by atoms with van der Waals surface area (Å²) in [5, 5.41) is 11.0. The van der Waals surface area contributed by atoms with Crippen molar-refractivity contribution in [3.05, 3.63) is 58.7 Å². The van der Waals surface area contributed by atoms with Crippen molar-refractivity contribution in [2.75, 3.05) is 38.4 Å². The fourth-order valence-corrected chi connectivity index (χ4v) is 5.93. The Morgan fingerprint density at radius 3 is 2.68 bits per heavy atom. The molecule has 1 aliphatic heterocycles. The zero-order valence-electron chi connectivity index (χ0n) is 19.0. The molecule has 0 bridgehead atoms. The predicted molar refractivity (Wildman–Crippen MR) is 136 cm³/mol. The van der Waals surface area contributed by atoms with Crippen molar-refractivity contribution in [3.63, 3.8) is 0 Å². The SMILES string of the molecule is CC1(NS(C)(=O)=O)CN(CCc2ccc3c(ccn3-c3cc(Cl)c(OCCCl)c(C#N)c3)c2)C1. The summed E-state index contributed by atoms with van der Waals surface area (Å²) < 4.78 is 33.3. The number of alkyl halides is 1. The molecule has 0 saturated carbocycles. The molecule has 2 heterocycles. The van der Waals surface area contributed by atoms with Crippen LogP contribution in [0.1, 0.15) is 18.1 Å². The Bertz CT molecular complexity index is 1360. The molecule has 10 heteroatoms. The molecular formula is C24H26Cl2N4O3S. The first-order valence-corrected chi connectivity index (χ1v) is 13.7. The topological polar surface area (TPSA) is 87.4 Å². The number of hydrogen-bond donors (Lipinski definition) is 1. The number of nitriles is 1. The van der Waals surface area contributed by atoms with Crippen molar-refractivity contribution in [2.45, 2.75) is 18.9 Å². The molecule has 0 radical (unpaired) electrons. The molecule has 0 amide bonds. The van der Waals surface area contributed by atoms with E-state index in [0.29, 0.717) is 35.3 Å². The number of sulfonamides is 1. The molecule has 0 atom stereocenters. The Morgan fingerprint density at radius 2 is 2.00 bits per heavy atom. The highest BCUT2D eigenvalue weighted by Gasteiger charge is 2.40. The van der Waals surface area contributed by atoms with E-state index in [2.05, 4.69) is 33.9 Å². The van der Waals surface area contributed by atoms with Crippen LogP contribution in [0.25, 0.3) is 16.6 Å². The molecule has 0 spiro atoms. The van der Waals surface area contributed by atoms with Crippen molar-refractivity contribution in [1.29, 1.82) is 5.26 Å². The summed E-state index contributed by atoms with van der Waals surface area (Å²) in [5.41, 5.74) is 2.96. The highest BCUT2D eigenvalue weighted by Crippen LogP contribution is 2.33. The third kappa shape index (κ3) is 5.51. The molecule has 3 aromatic rings. The van der Waals surface area contributed by atoms with E-state index in [0.717, 1.165) is 29.6 Å². The van der Waals surface area contributed by atoms with E-state index in [1.165, 1.54) is 11.8 Å². The van der Waals surface area contributed by atoms with E-state index >= 15 is 0 Å². The number of benzene rings is 2. The number of rotatable bonds is 9. The summed E-state index contributed by atoms with van der Waals surface area (Å²) in [6.07, 6.45) is 4.02. The fourth-order valence-electron chi connectivity index (χ4n) is 4.56. The van der Waals surface area contributed by atoms with E-state index in [1.807, 2.05) is 23.8 Å². The summed E-state index contributed by atoms with van der Waals surface area (Å²) in [6, 6.07) is 14.0. The first-order chi connectivity index (χ1) is 16.1. The largest absolute Gasteiger partial charge is 0.489 e. The second-order valence-electron chi connectivity index (χ2n) is 8.93. The summed E-state index contributed by atoms with van der Waals surface area (Å²) >= 11 is 12.1. The molecule has 7 nitrogen and oxygen atoms in total. The Balaban J connectivity index is 1.47. The van der Waals surface area contributed by atoms with Crippen molar-refractivity contribution < 1.29 is 13.2 Å². The maximum Gasteiger partial charge on any atom is 0.209 e. The molecular weight excluding hydrogens is 495 g/mol. The monoisotopic (exact) mass is 520 g/mol. The van der Waals surface area contributed by atoms with Crippen molar-refractivity contribution in [2.24, 2.45) is 0 Å². The molecule has 0 aliphatic carbocycles. The molecule has 2 aromatic carbocycles. The number of hydrogen-bond acceptors (Lipinski definition) is 5. The average Bonchev–Trinajstić information content (AvgIpc) is 3.17. The van der Waals surface area contributed by atoms with Gasteiger partial charge < -0.3 is 9.30 Å². The number of nitrogens with one attached hydrogen (secondary N) is 1. The van der Waals surface area contributed by atoms with Crippen LogP contribution in [0.4, 0.5) is 0 Å². The zero-order chi connectivity index (χ0) is 24.5. The molecule has 1 N–H and O–H groups in total. The van der Waals surface area contributed by atoms with Gasteiger partial charge in [0.1, 0.15) is 12.7 Å². The zero-order valence-corrected chi connectivity index (χ0v) is 21.3. The van der Waals surface area contributed by atoms with Gasteiger partial charge in [0, 0.05) is 36.9 Å². The second kappa shape index (κ2) is 9.76. The van der Waals surface area contributed by atoms with Crippen molar-refractivity contribution in [3.8, 4) is 17.5 Å². The van der Waals surface area contributed by atoms with E-state index in [4.69, 9.17) is 27.9 Å². The van der Waals surface area contributed by atoms with Crippen LogP contribution in [0.5, 0.6) is 5.75 Å². The molecule has 0 unspecified atom stereocenters. The van der Waals surface area contributed by atoms with Crippen molar-refractivity contribution in [1.82, 2.24) is 14.2 Å². The summed E-state index contributed by atoms with van der Waals surface area (Å²) in [4.78, 5) is 2.24. The van der Waals surface area contributed by atoms with Gasteiger partial charge in [-0.15, -0.1) is 11.6 Å². The van der Waals surface area contributed by atoms with E-state index in [-0.39, 0.29) is 12.1 Å². The van der Waals surface area contributed by atoms with Crippen LogP contribution in [-0.2, 0) is 16.4 Å². The lowest BCUT2D eigenvalue weighted by Gasteiger charge is -2.48. The van der Waals surface area contributed by atoms with Crippen LogP contribution in [-0.4, -0.2) is 61.8 Å². The van der Waals surface area contributed by atoms with Crippen LogP contribution >= 0.6 is 23.2 Å². The molecule has 1 aromatic heterocycles. The third-order valence-corrected chi connectivity index (χ3v) is 7.10. The number of nitrogens with zero attached hydrogens (tertiary/aromatic N) is 3. The lowest BCUT2D eigenvalue weighted by atomic mass is 9.93. The van der Waals surface area contributed by atoms with Gasteiger partial charge >= 0.3 is 0 Å². The van der Waals surface area contributed by atoms with Gasteiger partial charge in [-0.1, -0.05) is 17.7 Å². The maximum atomic E-state index is 11.5. The van der Waals surface area contributed by atoms with E-state index < -0.39 is 10.0 Å². The molecule has 1 saturated heterocycles. The minimum atomic E-state index is -3.21. The van der Waals surface area contributed by atoms with Gasteiger partial charge in [0.25, 0.3) is 0 Å². The third-order valence-electron chi connectivity index (χ3n) is 5.80. The molecule has 1 fully saturated rings. The number of aromatic nitrogens is 1. The Morgan fingerprint density at radius 1 is 1.24 bits per heavy atom. The number of halogens is 2. The summed E-state index contributed by atoms with van der Waals surface area (Å²) in [5.74, 6) is 0.656. The maximum absolute atomic E-state index is 11.5. The summed E-state index contributed by atoms with van der Waals surface area (Å²) in [6.45, 7) is 4.46. The first-order valence-electron chi connectivity index (χ1n) is 10.8. The van der Waals surface area contributed by atoms with Crippen molar-refractivity contribution >= 4 is 44.1 Å². The van der Waals surface area contributed by atoms with Gasteiger partial charge in [-0.2, -0.15) is 5.26 Å². The van der Waals surface area contributed by atoms with Crippen LogP contribution in [0.2, 0.25) is 5.02 Å². The van der Waals surface area contributed by atoms with E-state index in [1.54, 1.807) is 12.1 Å². The van der Waals surface area contributed by atoms with Gasteiger partial charge in [-0.05, 0) is 49.2 Å². The Hall–Kier alpha value is -2.28. The smallest absolute Gasteiger partial charge is 0.209 e. The lowest BCUT2D eigenvalue weighted by molar-refractivity contribution is 0.0732. The van der Waals surface area contributed by atoms with Crippen LogP contribution in [0.15, 0.2) is 42.6 Å². The fraction of sp³-hybridized carbons (Fsp3) is 0.375. The highest BCUT2D eigenvalue weighted by molar-refractivity contribution is 7.88. The molecule has 34 heavy (non-hydrogen) atoms. The number of fused-ring (bicyclic) bond motifs is 1. The Labute approximate surface area is 209 Å². The minimum Gasteiger partial charge on any atom is -0.489 e. The molecule has 1 aliphatic rings. The predicted octanol–water partition coefficient (Wildman–Crippen LogP) is 3.94. The van der Waals surface area contributed by atoms with Gasteiger partial charge in [-0.25, -0.2) is 13.1 Å². The van der Waals surface area contributed by atoms with Gasteiger partial charge in [0.05, 0.1) is 33.8 Å².